The van der Waals surface area contributed by atoms with Crippen LogP contribution in [0.15, 0.2) is 24.8 Å². The third-order valence-corrected chi connectivity index (χ3v) is 5.20. The van der Waals surface area contributed by atoms with E-state index in [1.165, 1.54) is 109 Å². The van der Waals surface area contributed by atoms with Crippen molar-refractivity contribution in [3.63, 3.8) is 0 Å². The van der Waals surface area contributed by atoms with Crippen LogP contribution in [0.5, 0.6) is 0 Å². The van der Waals surface area contributed by atoms with Gasteiger partial charge in [0.2, 0.25) is 0 Å². The highest BCUT2D eigenvalue weighted by Gasteiger charge is 1.97. The summed E-state index contributed by atoms with van der Waals surface area (Å²) in [7, 11) is 0. The number of hydrogen-bond donors (Lipinski definition) is 1. The van der Waals surface area contributed by atoms with Gasteiger partial charge in [-0.2, -0.15) is 0 Å². The van der Waals surface area contributed by atoms with Gasteiger partial charge in [-0.25, -0.2) is 9.59 Å². The van der Waals surface area contributed by atoms with E-state index in [9.17, 15) is 9.59 Å². The molecule has 0 amide bonds. The number of hydrogen-bond acceptors (Lipinski definition) is 3. The molecule has 0 aliphatic heterocycles. The standard InChI is InChI=1S/C23H44O2.C4H6O2/c1-4-23(24)25-21-19-17-15-13-11-9-7-5-6-8-10-12-14-16-18-20-22(2)3;1-3(2)4(5)6/h4,22H,1,5-21H2,2-3H3;1H2,2H3,(H,5,6). The second-order valence-electron chi connectivity index (χ2n) is 8.94. The second-order valence-corrected chi connectivity index (χ2v) is 8.94. The summed E-state index contributed by atoms with van der Waals surface area (Å²) in [5.74, 6) is -0.358. The molecule has 1 N–H and O–H groups in total. The summed E-state index contributed by atoms with van der Waals surface area (Å²) < 4.78 is 4.96. The van der Waals surface area contributed by atoms with E-state index in [0.717, 1.165) is 12.3 Å². The molecule has 0 aromatic rings. The Kier molecular flexibility index (Phi) is 25.2. The predicted octanol–water partition coefficient (Wildman–Crippen LogP) is 8.26. The number of ether oxygens (including phenoxy) is 1. The van der Waals surface area contributed by atoms with Crippen molar-refractivity contribution in [3.05, 3.63) is 24.8 Å². The van der Waals surface area contributed by atoms with E-state index in [0.29, 0.717) is 6.61 Å². The summed E-state index contributed by atoms with van der Waals surface area (Å²) in [4.78, 5) is 20.5. The Balaban J connectivity index is 0. The Bertz CT molecular complexity index is 442. The molecule has 0 rings (SSSR count). The molecular formula is C27H50O4. The maximum Gasteiger partial charge on any atom is 0.330 e. The van der Waals surface area contributed by atoms with E-state index in [2.05, 4.69) is 27.0 Å². The third kappa shape index (κ3) is 30.7. The smallest absolute Gasteiger partial charge is 0.330 e. The zero-order chi connectivity index (χ0) is 23.7. The van der Waals surface area contributed by atoms with Crippen LogP contribution in [0.1, 0.15) is 124 Å². The Hall–Kier alpha value is -1.58. The Morgan fingerprint density at radius 1 is 0.774 bits per heavy atom. The quantitative estimate of drug-likeness (QED) is 0.118. The zero-order valence-corrected chi connectivity index (χ0v) is 20.8. The first-order valence-corrected chi connectivity index (χ1v) is 12.5. The Labute approximate surface area is 192 Å². The van der Waals surface area contributed by atoms with Gasteiger partial charge in [0, 0.05) is 11.6 Å². The molecular weight excluding hydrogens is 388 g/mol. The third-order valence-electron chi connectivity index (χ3n) is 5.20. The fraction of sp³-hybridized carbons (Fsp3) is 0.778. The van der Waals surface area contributed by atoms with Crippen LogP contribution in [0, 0.1) is 5.92 Å². The fourth-order valence-corrected chi connectivity index (χ4v) is 3.18. The molecule has 0 spiro atoms. The molecule has 0 fully saturated rings. The number of rotatable bonds is 20. The van der Waals surface area contributed by atoms with Crippen LogP contribution in [0.4, 0.5) is 0 Å². The number of carbonyl (C=O) groups excluding carboxylic acids is 1. The SMILES string of the molecule is C=C(C)C(=O)O.C=CC(=O)OCCCCCCCCCCCCCCCCCC(C)C. The molecule has 0 unspecified atom stereocenters. The average Bonchev–Trinajstić information content (AvgIpc) is 2.72. The second kappa shape index (κ2) is 24.7. The molecule has 0 heterocycles. The Morgan fingerprint density at radius 2 is 1.10 bits per heavy atom. The first kappa shape index (κ1) is 31.6. The van der Waals surface area contributed by atoms with Crippen LogP contribution in [0.3, 0.4) is 0 Å². The predicted molar refractivity (Wildman–Crippen MR) is 132 cm³/mol. The lowest BCUT2D eigenvalue weighted by Crippen LogP contribution is -2.01. The monoisotopic (exact) mass is 438 g/mol. The van der Waals surface area contributed by atoms with E-state index in [-0.39, 0.29) is 11.5 Å². The molecule has 182 valence electrons. The molecule has 0 aromatic carbocycles. The lowest BCUT2D eigenvalue weighted by atomic mass is 10.0. The van der Waals surface area contributed by atoms with Gasteiger partial charge in [0.1, 0.15) is 0 Å². The molecule has 0 aliphatic rings. The van der Waals surface area contributed by atoms with Crippen molar-refractivity contribution >= 4 is 11.9 Å². The lowest BCUT2D eigenvalue weighted by Gasteiger charge is -2.05. The molecule has 4 nitrogen and oxygen atoms in total. The summed E-state index contributed by atoms with van der Waals surface area (Å²) in [6.07, 6.45) is 23.0. The van der Waals surface area contributed by atoms with Crippen LogP contribution >= 0.6 is 0 Å². The highest BCUT2D eigenvalue weighted by atomic mass is 16.5. The summed E-state index contributed by atoms with van der Waals surface area (Å²) in [6, 6.07) is 0. The van der Waals surface area contributed by atoms with Crippen molar-refractivity contribution in [3.8, 4) is 0 Å². The summed E-state index contributed by atoms with van der Waals surface area (Å²) in [6.45, 7) is 13.2. The first-order valence-electron chi connectivity index (χ1n) is 12.5. The van der Waals surface area contributed by atoms with Gasteiger partial charge in [-0.1, -0.05) is 123 Å². The van der Waals surface area contributed by atoms with Crippen LogP contribution in [-0.4, -0.2) is 23.7 Å². The van der Waals surface area contributed by atoms with E-state index >= 15 is 0 Å². The average molecular weight is 439 g/mol. The lowest BCUT2D eigenvalue weighted by molar-refractivity contribution is -0.138. The number of esters is 1. The van der Waals surface area contributed by atoms with Crippen molar-refractivity contribution < 1.29 is 19.4 Å². The molecule has 31 heavy (non-hydrogen) atoms. The minimum absolute atomic E-state index is 0.176. The normalized spacial score (nSPS) is 10.3. The highest BCUT2D eigenvalue weighted by Crippen LogP contribution is 2.14. The number of aliphatic carboxylic acids is 1. The molecule has 0 aromatic heterocycles. The van der Waals surface area contributed by atoms with E-state index in [1.807, 2.05) is 0 Å². The molecule has 0 bridgehead atoms. The number of carboxylic acids is 1. The van der Waals surface area contributed by atoms with Crippen molar-refractivity contribution in [1.82, 2.24) is 0 Å². The molecule has 4 heteroatoms. The maximum atomic E-state index is 10.9. The van der Waals surface area contributed by atoms with Crippen molar-refractivity contribution in [2.24, 2.45) is 5.92 Å². The van der Waals surface area contributed by atoms with Gasteiger partial charge >= 0.3 is 11.9 Å². The van der Waals surface area contributed by atoms with Crippen LogP contribution in [0.25, 0.3) is 0 Å². The topological polar surface area (TPSA) is 63.6 Å². The van der Waals surface area contributed by atoms with Crippen molar-refractivity contribution in [2.75, 3.05) is 6.61 Å². The van der Waals surface area contributed by atoms with Gasteiger partial charge in [-0.05, 0) is 19.3 Å². The highest BCUT2D eigenvalue weighted by molar-refractivity contribution is 5.84. The van der Waals surface area contributed by atoms with E-state index < -0.39 is 5.97 Å². The fourth-order valence-electron chi connectivity index (χ4n) is 3.18. The van der Waals surface area contributed by atoms with Crippen LogP contribution < -0.4 is 0 Å². The van der Waals surface area contributed by atoms with E-state index in [1.54, 1.807) is 0 Å². The minimum atomic E-state index is -0.935. The first-order chi connectivity index (χ1) is 14.8. The van der Waals surface area contributed by atoms with Gasteiger partial charge in [-0.3, -0.25) is 0 Å². The summed E-state index contributed by atoms with van der Waals surface area (Å²) >= 11 is 0. The minimum Gasteiger partial charge on any atom is -0.478 e. The summed E-state index contributed by atoms with van der Waals surface area (Å²) in [5, 5.41) is 7.89. The molecule has 0 radical (unpaired) electrons. The van der Waals surface area contributed by atoms with Gasteiger partial charge < -0.3 is 9.84 Å². The van der Waals surface area contributed by atoms with Crippen molar-refractivity contribution in [1.29, 1.82) is 0 Å². The van der Waals surface area contributed by atoms with E-state index in [4.69, 9.17) is 9.84 Å². The van der Waals surface area contributed by atoms with Gasteiger partial charge in [0.15, 0.2) is 0 Å². The van der Waals surface area contributed by atoms with Crippen LogP contribution in [0.2, 0.25) is 0 Å². The van der Waals surface area contributed by atoms with Crippen LogP contribution in [-0.2, 0) is 14.3 Å². The number of carboxylic acid groups (broad SMARTS) is 1. The van der Waals surface area contributed by atoms with Gasteiger partial charge in [0.25, 0.3) is 0 Å². The zero-order valence-electron chi connectivity index (χ0n) is 20.8. The molecule has 0 saturated heterocycles. The number of unbranched alkanes of at least 4 members (excludes halogenated alkanes) is 14. The van der Waals surface area contributed by atoms with Gasteiger partial charge in [0.05, 0.1) is 6.61 Å². The molecule has 0 saturated carbocycles. The van der Waals surface area contributed by atoms with Gasteiger partial charge in [-0.15, -0.1) is 0 Å². The Morgan fingerprint density at radius 3 is 1.39 bits per heavy atom. The summed E-state index contributed by atoms with van der Waals surface area (Å²) in [5.41, 5.74) is 0.176. The molecule has 0 aliphatic carbocycles. The molecule has 0 atom stereocenters. The number of carbonyl (C=O) groups is 2. The largest absolute Gasteiger partial charge is 0.478 e. The maximum absolute atomic E-state index is 10.9. The van der Waals surface area contributed by atoms with Crippen molar-refractivity contribution in [2.45, 2.75) is 124 Å².